The zero-order chi connectivity index (χ0) is 41.5. The summed E-state index contributed by atoms with van der Waals surface area (Å²) in [4.78, 5) is 55.4. The molecule has 0 spiro atoms. The highest BCUT2D eigenvalue weighted by molar-refractivity contribution is 9.11. The highest BCUT2D eigenvalue weighted by Crippen LogP contribution is 2.39. The average Bonchev–Trinajstić information content (AvgIpc) is 3.20. The molecule has 4 aromatic rings. The van der Waals surface area contributed by atoms with Gasteiger partial charge in [0.15, 0.2) is 24.6 Å². The number of halogens is 4. The molecule has 6 rings (SSSR count). The Bertz CT molecular complexity index is 2040. The molecule has 0 amide bonds. The zero-order valence-corrected chi connectivity index (χ0v) is 38.2. The smallest absolute Gasteiger partial charge is 0.338 e. The van der Waals surface area contributed by atoms with E-state index in [9.17, 15) is 19.2 Å². The lowest BCUT2D eigenvalue weighted by Gasteiger charge is -2.47. The monoisotopic (exact) mass is 1050 g/mol. The van der Waals surface area contributed by atoms with Gasteiger partial charge in [0.1, 0.15) is 12.7 Å². The zero-order valence-electron chi connectivity index (χ0n) is 31.9. The van der Waals surface area contributed by atoms with Gasteiger partial charge in [0.25, 0.3) is 0 Å². The van der Waals surface area contributed by atoms with E-state index in [4.69, 9.17) is 28.4 Å². The van der Waals surface area contributed by atoms with Crippen LogP contribution in [0.3, 0.4) is 0 Å². The van der Waals surface area contributed by atoms with Crippen molar-refractivity contribution in [1.82, 2.24) is 0 Å². The van der Waals surface area contributed by atoms with Crippen LogP contribution in [0.2, 0.25) is 0 Å². The fraction of sp³-hybridized carbons (Fsp3) is 0.364. The molecule has 2 fully saturated rings. The summed E-state index contributed by atoms with van der Waals surface area (Å²) in [6.07, 6.45) is -4.75. The van der Waals surface area contributed by atoms with Crippen LogP contribution >= 0.6 is 63.7 Å². The maximum atomic E-state index is 14.1. The van der Waals surface area contributed by atoms with E-state index in [-0.39, 0.29) is 40.2 Å². The molecule has 58 heavy (non-hydrogen) atoms. The molecule has 306 valence electrons. The minimum absolute atomic E-state index is 0.132. The van der Waals surface area contributed by atoms with Crippen LogP contribution < -0.4 is 0 Å². The first-order valence-electron chi connectivity index (χ1n) is 18.9. The summed E-state index contributed by atoms with van der Waals surface area (Å²) < 4.78 is 41.0. The van der Waals surface area contributed by atoms with E-state index >= 15 is 0 Å². The summed E-state index contributed by atoms with van der Waals surface area (Å²) in [5, 5.41) is 0. The maximum absolute atomic E-state index is 14.1. The standard InChI is InChI=1S/C44H42Br4O10/c1-24(2)34-21-4-25(3)22-35(34)54-44-39(58-43(52)29-11-19-33(48)20-12-29)38(57-42(51)28-9-17-32(47)18-10-28)37(56-41(50)27-7-15-31(46)16-8-27)36(55-44)23-53-40(49)26-5-13-30(45)14-6-26/h5-20,24-25,34-39,44H,4,21-23H2,1-3H3/t25-,34+,35-,36-,37-,38+,39-,44-/m0/s1. The van der Waals surface area contributed by atoms with Crippen molar-refractivity contribution in [2.24, 2.45) is 17.8 Å². The van der Waals surface area contributed by atoms with Crippen LogP contribution in [0.15, 0.2) is 115 Å². The average molecular weight is 1050 g/mol. The number of hydrogen-bond donors (Lipinski definition) is 0. The number of benzene rings is 4. The molecule has 4 aromatic carbocycles. The highest BCUT2D eigenvalue weighted by atomic mass is 79.9. The molecule has 0 radical (unpaired) electrons. The predicted octanol–water partition coefficient (Wildman–Crippen LogP) is 10.8. The Kier molecular flexibility index (Phi) is 15.4. The SMILES string of the molecule is CC(C)[C@H]1CC[C@H](C)C[C@@H]1O[C@H]1O[C@@H](COC(=O)c2ccc(Br)cc2)[C@H](OC(=O)c2ccc(Br)cc2)[C@@H](OC(=O)c2ccc(Br)cc2)[C@@H]1OC(=O)c1ccc(Br)cc1. The number of esters is 4. The molecule has 14 heteroatoms. The first kappa shape index (κ1) is 44.2. The molecule has 1 aliphatic heterocycles. The van der Waals surface area contributed by atoms with E-state index in [1.165, 1.54) is 0 Å². The van der Waals surface area contributed by atoms with Crippen molar-refractivity contribution < 1.29 is 47.6 Å². The summed E-state index contributed by atoms with van der Waals surface area (Å²) in [7, 11) is 0. The Balaban J connectivity index is 1.44. The van der Waals surface area contributed by atoms with Gasteiger partial charge in [-0.1, -0.05) is 90.9 Å². The first-order chi connectivity index (χ1) is 27.7. The van der Waals surface area contributed by atoms with Crippen molar-refractivity contribution in [3.8, 4) is 0 Å². The van der Waals surface area contributed by atoms with Gasteiger partial charge in [-0.2, -0.15) is 0 Å². The van der Waals surface area contributed by atoms with Gasteiger partial charge in [-0.15, -0.1) is 0 Å². The normalized spacial score (nSPS) is 24.4. The second-order valence-corrected chi connectivity index (χ2v) is 18.4. The van der Waals surface area contributed by atoms with Crippen LogP contribution in [0.5, 0.6) is 0 Å². The first-order valence-corrected chi connectivity index (χ1v) is 22.1. The van der Waals surface area contributed by atoms with E-state index in [0.29, 0.717) is 12.3 Å². The third-order valence-electron chi connectivity index (χ3n) is 10.3. The third-order valence-corrected chi connectivity index (χ3v) is 12.4. The molecule has 1 heterocycles. The van der Waals surface area contributed by atoms with Gasteiger partial charge in [-0.05, 0) is 128 Å². The van der Waals surface area contributed by atoms with E-state index in [2.05, 4.69) is 84.5 Å². The molecule has 0 bridgehead atoms. The van der Waals surface area contributed by atoms with Crippen molar-refractivity contribution in [2.45, 2.75) is 76.8 Å². The van der Waals surface area contributed by atoms with E-state index < -0.39 is 61.2 Å². The highest BCUT2D eigenvalue weighted by Gasteiger charge is 2.54. The van der Waals surface area contributed by atoms with Gasteiger partial charge in [0, 0.05) is 17.9 Å². The maximum Gasteiger partial charge on any atom is 0.338 e. The molecule has 10 nitrogen and oxygen atoms in total. The van der Waals surface area contributed by atoms with E-state index in [1.807, 2.05) is 0 Å². The molecule has 0 aromatic heterocycles. The lowest BCUT2D eigenvalue weighted by molar-refractivity contribution is -0.315. The molecular weight excluding hydrogens is 1010 g/mol. The number of carbonyl (C=O) groups is 4. The van der Waals surface area contributed by atoms with Crippen LogP contribution in [0.4, 0.5) is 0 Å². The molecule has 2 aliphatic rings. The molecular formula is C44H42Br4O10. The largest absolute Gasteiger partial charge is 0.459 e. The minimum Gasteiger partial charge on any atom is -0.459 e. The predicted molar refractivity (Wildman–Crippen MR) is 229 cm³/mol. The molecule has 1 aliphatic carbocycles. The van der Waals surface area contributed by atoms with Gasteiger partial charge >= 0.3 is 23.9 Å². The summed E-state index contributed by atoms with van der Waals surface area (Å²) in [5.41, 5.74) is 0.845. The quantitative estimate of drug-likeness (QED) is 0.100. The number of carbonyl (C=O) groups excluding carboxylic acids is 4. The van der Waals surface area contributed by atoms with Gasteiger partial charge in [0.2, 0.25) is 0 Å². The second-order valence-electron chi connectivity index (χ2n) is 14.8. The van der Waals surface area contributed by atoms with Gasteiger partial charge < -0.3 is 28.4 Å². The fourth-order valence-electron chi connectivity index (χ4n) is 7.13. The molecule has 8 atom stereocenters. The minimum atomic E-state index is -1.51. The summed E-state index contributed by atoms with van der Waals surface area (Å²) in [5.74, 6) is -2.28. The summed E-state index contributed by atoms with van der Waals surface area (Å²) in [6.45, 7) is 5.98. The van der Waals surface area contributed by atoms with Crippen molar-refractivity contribution in [3.63, 3.8) is 0 Å². The Hall–Kier alpha value is -3.40. The number of hydrogen-bond acceptors (Lipinski definition) is 10. The molecule has 1 saturated heterocycles. The molecule has 1 saturated carbocycles. The Morgan fingerprint density at radius 1 is 0.586 bits per heavy atom. The van der Waals surface area contributed by atoms with Crippen LogP contribution in [0.25, 0.3) is 0 Å². The topological polar surface area (TPSA) is 124 Å². The molecule has 0 unspecified atom stereocenters. The summed E-state index contributed by atoms with van der Waals surface area (Å²) >= 11 is 13.6. The van der Waals surface area contributed by atoms with Crippen molar-refractivity contribution in [2.75, 3.05) is 6.61 Å². The van der Waals surface area contributed by atoms with Crippen molar-refractivity contribution in [1.29, 1.82) is 0 Å². The number of rotatable bonds is 12. The van der Waals surface area contributed by atoms with Crippen LogP contribution in [-0.2, 0) is 28.4 Å². The van der Waals surface area contributed by atoms with E-state index in [1.54, 1.807) is 97.1 Å². The van der Waals surface area contributed by atoms with Crippen LogP contribution in [0.1, 0.15) is 81.5 Å². The van der Waals surface area contributed by atoms with Gasteiger partial charge in [-0.25, -0.2) is 19.2 Å². The van der Waals surface area contributed by atoms with E-state index in [0.717, 1.165) is 30.7 Å². The van der Waals surface area contributed by atoms with Crippen LogP contribution in [-0.4, -0.2) is 67.3 Å². The third kappa shape index (κ3) is 11.4. The fourth-order valence-corrected chi connectivity index (χ4v) is 8.18. The summed E-state index contributed by atoms with van der Waals surface area (Å²) in [6, 6.07) is 26.2. The lowest BCUT2D eigenvalue weighted by Crippen LogP contribution is -2.64. The Labute approximate surface area is 371 Å². The Morgan fingerprint density at radius 3 is 1.41 bits per heavy atom. The molecule has 0 N–H and O–H groups in total. The second kappa shape index (κ2) is 20.2. The Morgan fingerprint density at radius 2 is 0.983 bits per heavy atom. The lowest BCUT2D eigenvalue weighted by atomic mass is 9.75. The van der Waals surface area contributed by atoms with Crippen molar-refractivity contribution in [3.05, 3.63) is 137 Å². The van der Waals surface area contributed by atoms with Crippen LogP contribution in [0, 0.1) is 17.8 Å². The van der Waals surface area contributed by atoms with Gasteiger partial charge in [-0.3, -0.25) is 0 Å². The van der Waals surface area contributed by atoms with Gasteiger partial charge in [0.05, 0.1) is 28.4 Å². The number of ether oxygens (including phenoxy) is 6. The van der Waals surface area contributed by atoms with Crippen molar-refractivity contribution >= 4 is 87.6 Å².